The predicted molar refractivity (Wildman–Crippen MR) is 110 cm³/mol. The van der Waals surface area contributed by atoms with Gasteiger partial charge >= 0.3 is 0 Å². The number of para-hydroxylation sites is 1. The maximum absolute atomic E-state index is 12.7. The van der Waals surface area contributed by atoms with Crippen LogP contribution in [-0.2, 0) is 6.61 Å². The van der Waals surface area contributed by atoms with Crippen molar-refractivity contribution in [3.05, 3.63) is 59.3 Å². The Labute approximate surface area is 164 Å². The number of aromatic hydroxyl groups is 1. The Bertz CT molecular complexity index is 987. The lowest BCUT2D eigenvalue weighted by atomic mass is 9.97. The number of Topliss-reactive ketones (excluding diaryl/α,β-unsaturated/α-hetero) is 1. The van der Waals surface area contributed by atoms with Gasteiger partial charge in [-0.15, -0.1) is 12.4 Å². The molecule has 0 bridgehead atoms. The summed E-state index contributed by atoms with van der Waals surface area (Å²) in [4.78, 5) is 17.2. The summed E-state index contributed by atoms with van der Waals surface area (Å²) in [5.74, 6) is 0.0122. The van der Waals surface area contributed by atoms with Crippen molar-refractivity contribution in [3.63, 3.8) is 0 Å². The normalized spacial score (nSPS) is 10.7. The molecule has 0 aliphatic heterocycles. The number of rotatable bonds is 5. The molecule has 2 aromatic carbocycles. The molecule has 27 heavy (non-hydrogen) atoms. The van der Waals surface area contributed by atoms with Gasteiger partial charge in [-0.1, -0.05) is 32.0 Å². The summed E-state index contributed by atoms with van der Waals surface area (Å²) in [6, 6.07) is 10.6. The summed E-state index contributed by atoms with van der Waals surface area (Å²) in [6.45, 7) is 5.46. The molecule has 0 fully saturated rings. The molecule has 0 saturated heterocycles. The van der Waals surface area contributed by atoms with Crippen molar-refractivity contribution >= 4 is 40.5 Å². The van der Waals surface area contributed by atoms with Crippen LogP contribution in [0.4, 0.5) is 11.4 Å². The molecule has 3 rings (SSSR count). The van der Waals surface area contributed by atoms with E-state index in [1.807, 2.05) is 39.0 Å². The smallest absolute Gasteiger partial charge is 0.169 e. The Hall–Kier alpha value is -2.63. The summed E-state index contributed by atoms with van der Waals surface area (Å²) in [5, 5.41) is 23.4. The van der Waals surface area contributed by atoms with Crippen molar-refractivity contribution in [1.29, 1.82) is 0 Å². The second-order valence-electron chi connectivity index (χ2n) is 6.66. The van der Waals surface area contributed by atoms with Gasteiger partial charge in [-0.2, -0.15) is 0 Å². The fourth-order valence-electron chi connectivity index (χ4n) is 2.97. The highest BCUT2D eigenvalue weighted by Gasteiger charge is 2.19. The fourth-order valence-corrected chi connectivity index (χ4v) is 2.97. The van der Waals surface area contributed by atoms with E-state index in [1.54, 1.807) is 24.4 Å². The zero-order valence-electron chi connectivity index (χ0n) is 15.5. The molecule has 0 aliphatic rings. The van der Waals surface area contributed by atoms with Crippen LogP contribution < -0.4 is 5.32 Å². The second kappa shape index (κ2) is 8.37. The molecule has 3 N–H and O–H groups in total. The number of nitrogens with zero attached hydrogens (tertiary/aromatic N) is 1. The first-order chi connectivity index (χ1) is 12.4. The summed E-state index contributed by atoms with van der Waals surface area (Å²) in [6.07, 6.45) is 1.57. The van der Waals surface area contributed by atoms with Gasteiger partial charge in [-0.3, -0.25) is 9.78 Å². The number of anilines is 2. The highest BCUT2D eigenvalue weighted by atomic mass is 35.5. The number of aryl methyl sites for hydroxylation is 1. The topological polar surface area (TPSA) is 82.5 Å². The molecule has 0 aliphatic carbocycles. The lowest BCUT2D eigenvalue weighted by Gasteiger charge is -2.17. The quantitative estimate of drug-likeness (QED) is 0.435. The molecule has 1 aromatic heterocycles. The standard InChI is InChI=1S/C21H22N2O3.ClH/c1-12(2)21(26)17-10-22-19-14(11-24)5-4-6-16(19)20(17)23-18-8-7-15(25)9-13(18)3;/h4-10,12,24-25H,11H2,1-3H3,(H,22,23);1H. The van der Waals surface area contributed by atoms with Gasteiger partial charge in [0.1, 0.15) is 5.75 Å². The number of phenols is 1. The van der Waals surface area contributed by atoms with Crippen LogP contribution >= 0.6 is 12.4 Å². The van der Waals surface area contributed by atoms with E-state index in [9.17, 15) is 15.0 Å². The third-order valence-electron chi connectivity index (χ3n) is 4.41. The Morgan fingerprint density at radius 1 is 1.22 bits per heavy atom. The number of pyridine rings is 1. The molecule has 0 unspecified atom stereocenters. The minimum absolute atomic E-state index is 0. The van der Waals surface area contributed by atoms with Crippen molar-refractivity contribution in [2.24, 2.45) is 5.92 Å². The lowest BCUT2D eigenvalue weighted by molar-refractivity contribution is 0.0940. The van der Waals surface area contributed by atoms with Crippen LogP contribution in [0.2, 0.25) is 0 Å². The minimum Gasteiger partial charge on any atom is -0.508 e. The number of hydrogen-bond acceptors (Lipinski definition) is 5. The number of aliphatic hydroxyl groups is 1. The van der Waals surface area contributed by atoms with E-state index in [1.165, 1.54) is 0 Å². The van der Waals surface area contributed by atoms with Gasteiger partial charge in [0.05, 0.1) is 23.4 Å². The summed E-state index contributed by atoms with van der Waals surface area (Å²) < 4.78 is 0. The zero-order valence-corrected chi connectivity index (χ0v) is 16.3. The molecule has 0 saturated carbocycles. The van der Waals surface area contributed by atoms with E-state index in [0.29, 0.717) is 22.3 Å². The number of benzene rings is 2. The van der Waals surface area contributed by atoms with Gasteiger partial charge in [-0.25, -0.2) is 0 Å². The second-order valence-corrected chi connectivity index (χ2v) is 6.66. The summed E-state index contributed by atoms with van der Waals surface area (Å²) >= 11 is 0. The van der Waals surface area contributed by atoms with Crippen LogP contribution in [0.5, 0.6) is 5.75 Å². The lowest BCUT2D eigenvalue weighted by Crippen LogP contribution is -2.12. The van der Waals surface area contributed by atoms with E-state index >= 15 is 0 Å². The predicted octanol–water partition coefficient (Wildman–Crippen LogP) is 4.75. The minimum atomic E-state index is -0.170. The van der Waals surface area contributed by atoms with Crippen molar-refractivity contribution < 1.29 is 15.0 Å². The van der Waals surface area contributed by atoms with Crippen LogP contribution in [0.3, 0.4) is 0 Å². The molecular weight excluding hydrogens is 364 g/mol. The van der Waals surface area contributed by atoms with Gasteiger partial charge in [0, 0.05) is 28.8 Å². The fraction of sp³-hybridized carbons (Fsp3) is 0.238. The average molecular weight is 387 g/mol. The third kappa shape index (κ3) is 4.04. The summed E-state index contributed by atoms with van der Waals surface area (Å²) in [7, 11) is 0. The SMILES string of the molecule is Cc1cc(O)ccc1Nc1c(C(=O)C(C)C)cnc2c(CO)cccc12.Cl. The molecule has 3 aromatic rings. The van der Waals surface area contributed by atoms with Gasteiger partial charge in [0.2, 0.25) is 0 Å². The summed E-state index contributed by atoms with van der Waals surface area (Å²) in [5.41, 5.74) is 4.19. The van der Waals surface area contributed by atoms with Gasteiger partial charge in [0.25, 0.3) is 0 Å². The maximum Gasteiger partial charge on any atom is 0.169 e. The first-order valence-corrected chi connectivity index (χ1v) is 8.54. The number of aromatic nitrogens is 1. The Balaban J connectivity index is 0.00000261. The molecular formula is C21H23ClN2O3. The van der Waals surface area contributed by atoms with Gasteiger partial charge in [-0.05, 0) is 30.7 Å². The van der Waals surface area contributed by atoms with Crippen LogP contribution in [0.1, 0.15) is 35.3 Å². The van der Waals surface area contributed by atoms with Crippen molar-refractivity contribution in [1.82, 2.24) is 4.98 Å². The van der Waals surface area contributed by atoms with Gasteiger partial charge in [0.15, 0.2) is 5.78 Å². The van der Waals surface area contributed by atoms with Crippen LogP contribution in [0, 0.1) is 12.8 Å². The van der Waals surface area contributed by atoms with E-state index in [-0.39, 0.29) is 36.5 Å². The maximum atomic E-state index is 12.7. The average Bonchev–Trinajstić information content (AvgIpc) is 2.62. The number of carbonyl (C=O) groups excluding carboxylic acids is 1. The Morgan fingerprint density at radius 2 is 1.96 bits per heavy atom. The van der Waals surface area contributed by atoms with E-state index in [0.717, 1.165) is 16.6 Å². The van der Waals surface area contributed by atoms with Crippen LogP contribution in [0.25, 0.3) is 10.9 Å². The molecule has 0 radical (unpaired) electrons. The number of fused-ring (bicyclic) bond motifs is 1. The number of nitrogens with one attached hydrogen (secondary N) is 1. The zero-order chi connectivity index (χ0) is 18.8. The highest BCUT2D eigenvalue weighted by Crippen LogP contribution is 2.33. The van der Waals surface area contributed by atoms with Crippen LogP contribution in [0.15, 0.2) is 42.6 Å². The molecule has 0 spiro atoms. The number of aliphatic hydroxyl groups excluding tert-OH is 1. The number of hydrogen-bond donors (Lipinski definition) is 3. The molecule has 142 valence electrons. The van der Waals surface area contributed by atoms with Crippen LogP contribution in [-0.4, -0.2) is 21.0 Å². The first kappa shape index (κ1) is 20.7. The molecule has 0 amide bonds. The van der Waals surface area contributed by atoms with Crippen molar-refractivity contribution in [2.45, 2.75) is 27.4 Å². The van der Waals surface area contributed by atoms with E-state index < -0.39 is 0 Å². The monoisotopic (exact) mass is 386 g/mol. The van der Waals surface area contributed by atoms with Crippen molar-refractivity contribution in [3.8, 4) is 5.75 Å². The van der Waals surface area contributed by atoms with E-state index in [2.05, 4.69) is 10.3 Å². The number of phenolic OH excluding ortho intramolecular Hbond substituents is 1. The molecule has 0 atom stereocenters. The number of carbonyl (C=O) groups is 1. The Kier molecular flexibility index (Phi) is 6.41. The van der Waals surface area contributed by atoms with Crippen molar-refractivity contribution in [2.75, 3.05) is 5.32 Å². The molecule has 1 heterocycles. The molecule has 6 heteroatoms. The van der Waals surface area contributed by atoms with E-state index in [4.69, 9.17) is 0 Å². The molecule has 5 nitrogen and oxygen atoms in total. The number of halogens is 1. The first-order valence-electron chi connectivity index (χ1n) is 8.54. The number of ketones is 1. The Morgan fingerprint density at radius 3 is 2.59 bits per heavy atom. The highest BCUT2D eigenvalue weighted by molar-refractivity contribution is 6.10. The third-order valence-corrected chi connectivity index (χ3v) is 4.41. The largest absolute Gasteiger partial charge is 0.508 e. The van der Waals surface area contributed by atoms with Gasteiger partial charge < -0.3 is 15.5 Å².